The van der Waals surface area contributed by atoms with Crippen molar-refractivity contribution in [3.8, 4) is 0 Å². The largest absolute Gasteiger partial charge is 0.478 e. The third kappa shape index (κ3) is 1.92. The van der Waals surface area contributed by atoms with E-state index >= 15 is 0 Å². The summed E-state index contributed by atoms with van der Waals surface area (Å²) in [6.07, 6.45) is 6.09. The van der Waals surface area contributed by atoms with E-state index < -0.39 is 0 Å². The van der Waals surface area contributed by atoms with Gasteiger partial charge in [-0.3, -0.25) is 10.4 Å². The summed E-state index contributed by atoms with van der Waals surface area (Å²) in [5, 5.41) is 7.63. The van der Waals surface area contributed by atoms with Crippen LogP contribution in [0.25, 0.3) is 0 Å². The topological polar surface area (TPSA) is 46.0 Å². The Labute approximate surface area is 83.6 Å². The van der Waals surface area contributed by atoms with Gasteiger partial charge in [0, 0.05) is 12.4 Å². The lowest BCUT2D eigenvalue weighted by atomic mass is 10.1. The van der Waals surface area contributed by atoms with E-state index in [4.69, 9.17) is 10.1 Å². The second kappa shape index (κ2) is 3.78. The van der Waals surface area contributed by atoms with E-state index in [1.807, 2.05) is 19.2 Å². The molecule has 0 saturated heterocycles. The first-order chi connectivity index (χ1) is 6.81. The molecule has 74 valence electrons. The Morgan fingerprint density at radius 2 is 2.36 bits per heavy atom. The first-order valence-electron chi connectivity index (χ1n) is 4.98. The van der Waals surface area contributed by atoms with Crippen LogP contribution in [0.15, 0.2) is 18.5 Å². The van der Waals surface area contributed by atoms with E-state index in [9.17, 15) is 0 Å². The van der Waals surface area contributed by atoms with Crippen LogP contribution in [0.2, 0.25) is 0 Å². The van der Waals surface area contributed by atoms with Gasteiger partial charge in [0.1, 0.15) is 0 Å². The average molecular weight is 190 g/mol. The van der Waals surface area contributed by atoms with Gasteiger partial charge < -0.3 is 4.74 Å². The molecule has 0 amide bonds. The Hall–Kier alpha value is -1.38. The zero-order valence-corrected chi connectivity index (χ0v) is 8.29. The smallest absolute Gasteiger partial charge is 0.214 e. The van der Waals surface area contributed by atoms with Crippen LogP contribution >= 0.6 is 0 Å². The Morgan fingerprint density at radius 1 is 1.57 bits per heavy atom. The Kier molecular flexibility index (Phi) is 2.48. The minimum atomic E-state index is 0.225. The molecule has 0 bridgehead atoms. The molecule has 1 aromatic heterocycles. The molecule has 0 aromatic carbocycles. The minimum absolute atomic E-state index is 0.225. The van der Waals surface area contributed by atoms with Crippen molar-refractivity contribution >= 4 is 5.90 Å². The van der Waals surface area contributed by atoms with E-state index in [0.29, 0.717) is 12.5 Å². The summed E-state index contributed by atoms with van der Waals surface area (Å²) in [7, 11) is 0. The summed E-state index contributed by atoms with van der Waals surface area (Å²) < 4.78 is 5.13. The molecular weight excluding hydrogens is 176 g/mol. The molecule has 1 heterocycles. The lowest BCUT2D eigenvalue weighted by Crippen LogP contribution is -2.05. The summed E-state index contributed by atoms with van der Waals surface area (Å²) in [4.78, 5) is 4.13. The van der Waals surface area contributed by atoms with Gasteiger partial charge in [-0.25, -0.2) is 0 Å². The van der Waals surface area contributed by atoms with Gasteiger partial charge in [-0.2, -0.15) is 0 Å². The van der Waals surface area contributed by atoms with Crippen LogP contribution in [0.5, 0.6) is 0 Å². The minimum Gasteiger partial charge on any atom is -0.478 e. The first-order valence-corrected chi connectivity index (χ1v) is 4.98. The maximum atomic E-state index is 7.63. The van der Waals surface area contributed by atoms with E-state index in [2.05, 4.69) is 4.98 Å². The number of rotatable bonds is 3. The van der Waals surface area contributed by atoms with Gasteiger partial charge in [0.05, 0.1) is 12.2 Å². The van der Waals surface area contributed by atoms with Crippen LogP contribution in [0.1, 0.15) is 36.8 Å². The number of pyridine rings is 1. The molecule has 2 rings (SSSR count). The van der Waals surface area contributed by atoms with Crippen molar-refractivity contribution in [2.24, 2.45) is 0 Å². The highest BCUT2D eigenvalue weighted by Gasteiger charge is 2.24. The van der Waals surface area contributed by atoms with Crippen molar-refractivity contribution in [3.05, 3.63) is 29.6 Å². The van der Waals surface area contributed by atoms with Gasteiger partial charge in [0.15, 0.2) is 0 Å². The second-order valence-corrected chi connectivity index (χ2v) is 3.54. The quantitative estimate of drug-likeness (QED) is 0.587. The number of nitrogens with one attached hydrogen (secondary N) is 1. The van der Waals surface area contributed by atoms with Gasteiger partial charge >= 0.3 is 0 Å². The van der Waals surface area contributed by atoms with Crippen molar-refractivity contribution in [2.75, 3.05) is 6.61 Å². The molecule has 1 fully saturated rings. The summed E-state index contributed by atoms with van der Waals surface area (Å²) in [5.41, 5.74) is 2.03. The third-order valence-corrected chi connectivity index (χ3v) is 2.36. The van der Waals surface area contributed by atoms with Crippen LogP contribution < -0.4 is 0 Å². The summed E-state index contributed by atoms with van der Waals surface area (Å²) >= 11 is 0. The zero-order valence-electron chi connectivity index (χ0n) is 8.29. The van der Waals surface area contributed by atoms with E-state index in [1.165, 1.54) is 18.4 Å². The Bertz CT molecular complexity index is 345. The molecule has 3 heteroatoms. The Morgan fingerprint density at radius 3 is 3.00 bits per heavy atom. The van der Waals surface area contributed by atoms with Gasteiger partial charge in [0.25, 0.3) is 0 Å². The van der Waals surface area contributed by atoms with Crippen LogP contribution in [0.3, 0.4) is 0 Å². The molecular formula is C11H14N2O. The fraction of sp³-hybridized carbons (Fsp3) is 0.455. The fourth-order valence-electron chi connectivity index (χ4n) is 1.45. The van der Waals surface area contributed by atoms with Crippen molar-refractivity contribution in [1.82, 2.24) is 4.98 Å². The molecule has 0 spiro atoms. The molecule has 1 N–H and O–H groups in total. The molecule has 0 atom stereocenters. The van der Waals surface area contributed by atoms with E-state index in [1.54, 1.807) is 6.20 Å². The molecule has 0 radical (unpaired) electrons. The SMILES string of the molecule is CCOC(=N)c1cncc(C2CC2)c1. The molecule has 1 saturated carbocycles. The fourth-order valence-corrected chi connectivity index (χ4v) is 1.45. The van der Waals surface area contributed by atoms with Crippen molar-refractivity contribution < 1.29 is 4.74 Å². The first kappa shape index (κ1) is 9.19. The van der Waals surface area contributed by atoms with Crippen molar-refractivity contribution in [1.29, 1.82) is 5.41 Å². The zero-order chi connectivity index (χ0) is 9.97. The number of hydrogen-bond donors (Lipinski definition) is 1. The third-order valence-electron chi connectivity index (χ3n) is 2.36. The number of hydrogen-bond acceptors (Lipinski definition) is 3. The van der Waals surface area contributed by atoms with E-state index in [0.717, 1.165) is 5.56 Å². The predicted octanol–water partition coefficient (Wildman–Crippen LogP) is 2.32. The second-order valence-electron chi connectivity index (χ2n) is 3.54. The molecule has 1 aliphatic rings. The molecule has 0 aliphatic heterocycles. The molecule has 1 aromatic rings. The van der Waals surface area contributed by atoms with Crippen LogP contribution in [-0.4, -0.2) is 17.5 Å². The molecule has 1 aliphatic carbocycles. The highest BCUT2D eigenvalue weighted by molar-refractivity contribution is 5.91. The normalized spacial score (nSPS) is 15.2. The number of ether oxygens (including phenoxy) is 1. The van der Waals surface area contributed by atoms with Gasteiger partial charge in [-0.15, -0.1) is 0 Å². The van der Waals surface area contributed by atoms with Crippen LogP contribution in [-0.2, 0) is 4.74 Å². The molecule has 0 unspecified atom stereocenters. The lowest BCUT2D eigenvalue weighted by Gasteiger charge is -2.05. The van der Waals surface area contributed by atoms with Gasteiger partial charge in [0.2, 0.25) is 5.90 Å². The van der Waals surface area contributed by atoms with Crippen LogP contribution in [0, 0.1) is 5.41 Å². The Balaban J connectivity index is 2.16. The summed E-state index contributed by atoms with van der Waals surface area (Å²) in [6.45, 7) is 2.42. The molecule has 14 heavy (non-hydrogen) atoms. The van der Waals surface area contributed by atoms with Gasteiger partial charge in [-0.05, 0) is 37.3 Å². The standard InChI is InChI=1S/C11H14N2O/c1-2-14-11(12)10-5-9(6-13-7-10)8-3-4-8/h5-8,12H,2-4H2,1H3. The van der Waals surface area contributed by atoms with Crippen molar-refractivity contribution in [3.63, 3.8) is 0 Å². The average Bonchev–Trinajstić information content (AvgIpc) is 3.02. The van der Waals surface area contributed by atoms with Gasteiger partial charge in [-0.1, -0.05) is 0 Å². The maximum Gasteiger partial charge on any atom is 0.214 e. The predicted molar refractivity (Wildman–Crippen MR) is 54.7 cm³/mol. The van der Waals surface area contributed by atoms with E-state index in [-0.39, 0.29) is 5.90 Å². The summed E-state index contributed by atoms with van der Waals surface area (Å²) in [6, 6.07) is 2.02. The molecule has 3 nitrogen and oxygen atoms in total. The monoisotopic (exact) mass is 190 g/mol. The highest BCUT2D eigenvalue weighted by atomic mass is 16.5. The summed E-state index contributed by atoms with van der Waals surface area (Å²) in [5.74, 6) is 0.902. The lowest BCUT2D eigenvalue weighted by molar-refractivity contribution is 0.325. The van der Waals surface area contributed by atoms with Crippen LogP contribution in [0.4, 0.5) is 0 Å². The van der Waals surface area contributed by atoms with Crippen molar-refractivity contribution in [2.45, 2.75) is 25.7 Å². The highest BCUT2D eigenvalue weighted by Crippen LogP contribution is 2.39. The maximum absolute atomic E-state index is 7.63. The number of nitrogens with zero attached hydrogens (tertiary/aromatic N) is 1. The number of aromatic nitrogens is 1.